The van der Waals surface area contributed by atoms with Crippen LogP contribution in [0.4, 0.5) is 17.6 Å². The Balaban J connectivity index is 0.962. The molecule has 1 aromatic carbocycles. The summed E-state index contributed by atoms with van der Waals surface area (Å²) in [5, 5.41) is 13.4. The highest BCUT2D eigenvalue weighted by molar-refractivity contribution is 5.94. The standard InChI is InChI=1S/C31H34N10O3/c42-28(27-24-17-41(18-26(24)38-39-27)29(43)21-8-12-44-19-21)33-14-20-5-4-6-23(13-20)36-30-32-9-7-25(37-30)22-15-34-31(35-16-22)40-10-2-1-3-11-40/h4-7,9,13,15-16,21H,1-3,8,10-12,14,17-19H2,(H,33,42)(H,38,39)(H,32,36,37). The molecule has 3 aliphatic heterocycles. The van der Waals surface area contributed by atoms with Crippen LogP contribution in [0, 0.1) is 5.92 Å². The molecule has 2 fully saturated rings. The molecule has 1 atom stereocenters. The Morgan fingerprint density at radius 2 is 1.91 bits per heavy atom. The molecule has 226 valence electrons. The van der Waals surface area contributed by atoms with Crippen LogP contribution in [0.25, 0.3) is 11.3 Å². The minimum Gasteiger partial charge on any atom is -0.381 e. The summed E-state index contributed by atoms with van der Waals surface area (Å²) in [4.78, 5) is 48.1. The summed E-state index contributed by atoms with van der Waals surface area (Å²) in [5.74, 6) is 0.871. The summed E-state index contributed by atoms with van der Waals surface area (Å²) < 4.78 is 5.37. The van der Waals surface area contributed by atoms with E-state index in [2.05, 4.69) is 45.7 Å². The topological polar surface area (TPSA) is 154 Å². The number of hydrogen-bond acceptors (Lipinski definition) is 10. The van der Waals surface area contributed by atoms with E-state index in [4.69, 9.17) is 4.74 Å². The van der Waals surface area contributed by atoms with Crippen molar-refractivity contribution in [3.05, 3.63) is 71.4 Å². The summed E-state index contributed by atoms with van der Waals surface area (Å²) in [6.07, 6.45) is 9.65. The molecule has 3 N–H and O–H groups in total. The Morgan fingerprint density at radius 3 is 2.73 bits per heavy atom. The molecule has 3 aromatic heterocycles. The third-order valence-corrected chi connectivity index (χ3v) is 8.32. The maximum Gasteiger partial charge on any atom is 0.272 e. The summed E-state index contributed by atoms with van der Waals surface area (Å²) in [5.41, 5.74) is 5.12. The van der Waals surface area contributed by atoms with Gasteiger partial charge in [-0.2, -0.15) is 5.10 Å². The smallest absolute Gasteiger partial charge is 0.272 e. The van der Waals surface area contributed by atoms with Gasteiger partial charge in [-0.3, -0.25) is 14.7 Å². The Kier molecular flexibility index (Phi) is 7.84. The van der Waals surface area contributed by atoms with E-state index < -0.39 is 0 Å². The van der Waals surface area contributed by atoms with E-state index in [-0.39, 0.29) is 17.7 Å². The second-order valence-corrected chi connectivity index (χ2v) is 11.4. The maximum atomic E-state index is 13.1. The van der Waals surface area contributed by atoms with Crippen LogP contribution >= 0.6 is 0 Å². The SMILES string of the molecule is O=C(NCc1cccc(Nc2nccc(-c3cnc(N4CCCCC4)nc3)n2)c1)c1n[nH]c2c1CN(C(=O)C1CCOC1)C2. The van der Waals surface area contributed by atoms with Crippen molar-refractivity contribution >= 4 is 29.4 Å². The number of piperidine rings is 1. The fourth-order valence-corrected chi connectivity index (χ4v) is 5.92. The highest BCUT2D eigenvalue weighted by Gasteiger charge is 2.35. The lowest BCUT2D eigenvalue weighted by Gasteiger charge is -2.26. The van der Waals surface area contributed by atoms with Crippen LogP contribution in [0.2, 0.25) is 0 Å². The van der Waals surface area contributed by atoms with E-state index in [1.165, 1.54) is 19.3 Å². The molecular formula is C31H34N10O3. The van der Waals surface area contributed by atoms with Gasteiger partial charge in [-0.15, -0.1) is 0 Å². The molecule has 3 aliphatic rings. The van der Waals surface area contributed by atoms with Crippen LogP contribution in [0.15, 0.2) is 48.9 Å². The number of amides is 2. The molecule has 0 radical (unpaired) electrons. The van der Waals surface area contributed by atoms with Crippen LogP contribution in [0.3, 0.4) is 0 Å². The first-order valence-corrected chi connectivity index (χ1v) is 15.1. The van der Waals surface area contributed by atoms with Gasteiger partial charge in [0, 0.05) is 61.6 Å². The Morgan fingerprint density at radius 1 is 1.05 bits per heavy atom. The number of aromatic amines is 1. The van der Waals surface area contributed by atoms with Gasteiger partial charge in [0.05, 0.1) is 37.0 Å². The van der Waals surface area contributed by atoms with Crippen LogP contribution in [-0.2, 0) is 29.2 Å². The zero-order chi connectivity index (χ0) is 29.9. The molecule has 13 heteroatoms. The Hall–Kier alpha value is -4.91. The third kappa shape index (κ3) is 5.95. The van der Waals surface area contributed by atoms with E-state index >= 15 is 0 Å². The number of H-pyrrole nitrogens is 1. The third-order valence-electron chi connectivity index (χ3n) is 8.32. The van der Waals surface area contributed by atoms with Gasteiger partial charge >= 0.3 is 0 Å². The number of rotatable bonds is 8. The first-order chi connectivity index (χ1) is 21.6. The van der Waals surface area contributed by atoms with Gasteiger partial charge in [0.2, 0.25) is 17.8 Å². The zero-order valence-corrected chi connectivity index (χ0v) is 24.3. The molecule has 2 amide bonds. The van der Waals surface area contributed by atoms with Crippen molar-refractivity contribution in [1.82, 2.24) is 40.3 Å². The number of fused-ring (bicyclic) bond motifs is 1. The first kappa shape index (κ1) is 27.9. The minimum absolute atomic E-state index is 0.0661. The fourth-order valence-electron chi connectivity index (χ4n) is 5.92. The Labute approximate surface area is 254 Å². The van der Waals surface area contributed by atoms with Gasteiger partial charge in [-0.05, 0) is 49.4 Å². The summed E-state index contributed by atoms with van der Waals surface area (Å²) in [7, 11) is 0. The molecule has 6 heterocycles. The van der Waals surface area contributed by atoms with Gasteiger partial charge in [0.1, 0.15) is 0 Å². The monoisotopic (exact) mass is 594 g/mol. The predicted molar refractivity (Wildman–Crippen MR) is 162 cm³/mol. The average Bonchev–Trinajstić information content (AvgIpc) is 3.83. The van der Waals surface area contributed by atoms with Crippen molar-refractivity contribution < 1.29 is 14.3 Å². The van der Waals surface area contributed by atoms with Crippen LogP contribution in [0.5, 0.6) is 0 Å². The fraction of sp³-hybridized carbons (Fsp3) is 0.387. The van der Waals surface area contributed by atoms with Crippen molar-refractivity contribution in [1.29, 1.82) is 0 Å². The second kappa shape index (κ2) is 12.4. The normalized spacial score (nSPS) is 17.9. The van der Waals surface area contributed by atoms with Gasteiger partial charge in [0.25, 0.3) is 5.91 Å². The molecule has 1 unspecified atom stereocenters. The van der Waals surface area contributed by atoms with Crippen LogP contribution < -0.4 is 15.5 Å². The minimum atomic E-state index is -0.288. The lowest BCUT2D eigenvalue weighted by atomic mass is 10.1. The van der Waals surface area contributed by atoms with E-state index in [9.17, 15) is 9.59 Å². The number of carbonyl (C=O) groups is 2. The lowest BCUT2D eigenvalue weighted by molar-refractivity contribution is -0.136. The van der Waals surface area contributed by atoms with Crippen molar-refractivity contribution in [2.75, 3.05) is 36.5 Å². The zero-order valence-electron chi connectivity index (χ0n) is 24.3. The lowest BCUT2D eigenvalue weighted by Crippen LogP contribution is -2.33. The Bertz CT molecular complexity index is 1640. The van der Waals surface area contributed by atoms with E-state index in [0.29, 0.717) is 44.5 Å². The maximum absolute atomic E-state index is 13.1. The molecule has 0 bridgehead atoms. The molecule has 4 aromatic rings. The molecular weight excluding hydrogens is 560 g/mol. The number of anilines is 3. The summed E-state index contributed by atoms with van der Waals surface area (Å²) in [6, 6.07) is 9.53. The van der Waals surface area contributed by atoms with E-state index in [0.717, 1.165) is 59.2 Å². The van der Waals surface area contributed by atoms with Gasteiger partial charge in [-0.1, -0.05) is 12.1 Å². The average molecular weight is 595 g/mol. The molecule has 0 spiro atoms. The molecule has 7 rings (SSSR count). The number of aromatic nitrogens is 6. The molecule has 13 nitrogen and oxygen atoms in total. The first-order valence-electron chi connectivity index (χ1n) is 15.1. The number of nitrogens with one attached hydrogen (secondary N) is 3. The van der Waals surface area contributed by atoms with Gasteiger partial charge < -0.3 is 25.2 Å². The van der Waals surface area contributed by atoms with Gasteiger partial charge in [0.15, 0.2) is 5.69 Å². The number of ether oxygens (including phenoxy) is 1. The highest BCUT2D eigenvalue weighted by Crippen LogP contribution is 2.27. The van der Waals surface area contributed by atoms with Crippen LogP contribution in [-0.4, -0.2) is 73.2 Å². The van der Waals surface area contributed by atoms with Crippen molar-refractivity contribution in [2.45, 2.75) is 45.3 Å². The summed E-state index contributed by atoms with van der Waals surface area (Å²) in [6.45, 7) is 4.17. The molecule has 0 saturated carbocycles. The predicted octanol–water partition coefficient (Wildman–Crippen LogP) is 3.20. The number of benzene rings is 1. The van der Waals surface area contributed by atoms with Crippen molar-refractivity contribution in [3.63, 3.8) is 0 Å². The summed E-state index contributed by atoms with van der Waals surface area (Å²) >= 11 is 0. The molecule has 0 aliphatic carbocycles. The van der Waals surface area contributed by atoms with E-state index in [1.54, 1.807) is 23.5 Å². The number of hydrogen-bond donors (Lipinski definition) is 3. The quantitative estimate of drug-likeness (QED) is 0.277. The second-order valence-electron chi connectivity index (χ2n) is 11.4. The molecule has 44 heavy (non-hydrogen) atoms. The van der Waals surface area contributed by atoms with Gasteiger partial charge in [-0.25, -0.2) is 19.9 Å². The highest BCUT2D eigenvalue weighted by atomic mass is 16.5. The van der Waals surface area contributed by atoms with Crippen molar-refractivity contribution in [2.24, 2.45) is 5.92 Å². The molecule has 2 saturated heterocycles. The van der Waals surface area contributed by atoms with E-state index in [1.807, 2.05) is 30.3 Å². The van der Waals surface area contributed by atoms with Crippen LogP contribution in [0.1, 0.15) is 53.0 Å². The number of carbonyl (C=O) groups excluding carboxylic acids is 2. The van der Waals surface area contributed by atoms with Crippen molar-refractivity contribution in [3.8, 4) is 11.3 Å². The largest absolute Gasteiger partial charge is 0.381 e. The number of nitrogens with zero attached hydrogens (tertiary/aromatic N) is 7.